The maximum Gasteiger partial charge on any atom is 0.190 e. The van der Waals surface area contributed by atoms with Crippen molar-refractivity contribution >= 4 is 0 Å². The van der Waals surface area contributed by atoms with Crippen molar-refractivity contribution in [3.05, 3.63) is 10.4 Å². The zero-order valence-electron chi connectivity index (χ0n) is 8.53. The van der Waals surface area contributed by atoms with Gasteiger partial charge >= 0.3 is 0 Å². The van der Waals surface area contributed by atoms with Crippen LogP contribution in [-0.4, -0.2) is 42.0 Å². The van der Waals surface area contributed by atoms with Crippen LogP contribution in [0.15, 0.2) is 5.11 Å². The van der Waals surface area contributed by atoms with Crippen LogP contribution in [0.25, 0.3) is 10.4 Å². The molecule has 0 aromatic rings. The quantitative estimate of drug-likeness (QED) is 0.413. The minimum atomic E-state index is -0.817. The zero-order chi connectivity index (χ0) is 11.1. The van der Waals surface area contributed by atoms with Crippen molar-refractivity contribution in [3.63, 3.8) is 0 Å². The van der Waals surface area contributed by atoms with Crippen molar-refractivity contribution in [2.45, 2.75) is 44.2 Å². The van der Waals surface area contributed by atoms with Gasteiger partial charge in [0.05, 0.1) is 12.6 Å². The first-order chi connectivity index (χ1) is 7.03. The maximum atomic E-state index is 9.80. The zero-order valence-corrected chi connectivity index (χ0v) is 8.53. The Labute approximate surface area is 86.6 Å². The number of azide groups is 1. The summed E-state index contributed by atoms with van der Waals surface area (Å²) in [6.07, 6.45) is -2.44. The van der Waals surface area contributed by atoms with Gasteiger partial charge in [-0.25, -0.2) is 0 Å². The number of hydrogen-bond acceptors (Lipinski definition) is 5. The molecule has 0 aromatic heterocycles. The molecule has 2 fully saturated rings. The van der Waals surface area contributed by atoms with Crippen LogP contribution in [0.3, 0.4) is 0 Å². The number of fused-ring (bicyclic) bond motifs is 1. The van der Waals surface area contributed by atoms with E-state index < -0.39 is 30.4 Å². The summed E-state index contributed by atoms with van der Waals surface area (Å²) in [7, 11) is 0. The van der Waals surface area contributed by atoms with E-state index in [-0.39, 0.29) is 6.54 Å². The molecule has 2 aliphatic rings. The van der Waals surface area contributed by atoms with E-state index >= 15 is 0 Å². The fourth-order valence-electron chi connectivity index (χ4n) is 1.83. The van der Waals surface area contributed by atoms with E-state index in [4.69, 9.17) is 19.7 Å². The highest BCUT2D eigenvalue weighted by Gasteiger charge is 2.53. The lowest BCUT2D eigenvalue weighted by molar-refractivity contribution is -0.213. The molecule has 0 saturated carbocycles. The Kier molecular flexibility index (Phi) is 2.57. The monoisotopic (exact) mass is 215 g/mol. The molecule has 0 bridgehead atoms. The lowest BCUT2D eigenvalue weighted by atomic mass is 10.1. The van der Waals surface area contributed by atoms with Crippen LogP contribution in [0.1, 0.15) is 13.8 Å². The Morgan fingerprint density at radius 2 is 2.20 bits per heavy atom. The van der Waals surface area contributed by atoms with Crippen molar-refractivity contribution < 1.29 is 19.3 Å². The summed E-state index contributed by atoms with van der Waals surface area (Å²) in [5, 5.41) is 13.2. The smallest absolute Gasteiger partial charge is 0.190 e. The molecule has 4 atom stereocenters. The first-order valence-electron chi connectivity index (χ1n) is 4.73. The van der Waals surface area contributed by atoms with Gasteiger partial charge in [-0.3, -0.25) is 0 Å². The summed E-state index contributed by atoms with van der Waals surface area (Å²) >= 11 is 0. The van der Waals surface area contributed by atoms with Gasteiger partial charge in [-0.1, -0.05) is 5.11 Å². The molecule has 7 nitrogen and oxygen atoms in total. The van der Waals surface area contributed by atoms with Gasteiger partial charge in [0.25, 0.3) is 0 Å². The van der Waals surface area contributed by atoms with E-state index in [1.807, 2.05) is 0 Å². The normalized spacial score (nSPS) is 42.3. The van der Waals surface area contributed by atoms with Crippen molar-refractivity contribution in [1.82, 2.24) is 0 Å². The molecular weight excluding hydrogens is 202 g/mol. The van der Waals surface area contributed by atoms with Crippen LogP contribution in [0.2, 0.25) is 0 Å². The van der Waals surface area contributed by atoms with Gasteiger partial charge in [0.1, 0.15) is 12.2 Å². The second kappa shape index (κ2) is 3.62. The van der Waals surface area contributed by atoms with Crippen molar-refractivity contribution in [2.75, 3.05) is 6.54 Å². The minimum Gasteiger partial charge on any atom is -0.387 e. The molecule has 2 rings (SSSR count). The molecule has 1 unspecified atom stereocenters. The predicted octanol–water partition coefficient (Wildman–Crippen LogP) is 0.534. The Morgan fingerprint density at radius 3 is 2.80 bits per heavy atom. The average molecular weight is 215 g/mol. The lowest BCUT2D eigenvalue weighted by Crippen LogP contribution is -2.35. The predicted molar refractivity (Wildman–Crippen MR) is 48.7 cm³/mol. The van der Waals surface area contributed by atoms with Gasteiger partial charge in [0.15, 0.2) is 12.1 Å². The number of rotatable bonds is 2. The number of ether oxygens (including phenoxy) is 3. The third-order valence-electron chi connectivity index (χ3n) is 2.44. The third kappa shape index (κ3) is 1.92. The van der Waals surface area contributed by atoms with E-state index in [1.165, 1.54) is 0 Å². The largest absolute Gasteiger partial charge is 0.387 e. The molecule has 84 valence electrons. The molecule has 7 heteroatoms. The highest BCUT2D eigenvalue weighted by atomic mass is 16.8. The lowest BCUT2D eigenvalue weighted by Gasteiger charge is -2.21. The molecular formula is C8H13N3O4. The Morgan fingerprint density at radius 1 is 1.47 bits per heavy atom. The summed E-state index contributed by atoms with van der Waals surface area (Å²) in [4.78, 5) is 2.61. The number of aliphatic hydroxyl groups excluding tert-OH is 1. The van der Waals surface area contributed by atoms with Crippen LogP contribution in [0, 0.1) is 0 Å². The Hall–Kier alpha value is -0.850. The molecule has 0 amide bonds. The fraction of sp³-hybridized carbons (Fsp3) is 1.00. The topological polar surface area (TPSA) is 96.7 Å². The molecule has 2 saturated heterocycles. The standard InChI is InChI=1S/C8H13N3O4/c1-8(2)14-6-5(12)4(3-10-11-9)13-7(6)15-8/h4-7,12H,3H2,1-2H3/t4-,5+,6-,7?/m0/s1. The van der Waals surface area contributed by atoms with E-state index in [0.717, 1.165) is 0 Å². The van der Waals surface area contributed by atoms with Crippen LogP contribution >= 0.6 is 0 Å². The Bertz CT molecular complexity index is 302. The maximum absolute atomic E-state index is 9.80. The number of nitrogens with zero attached hydrogens (tertiary/aromatic N) is 3. The highest BCUT2D eigenvalue weighted by molar-refractivity contribution is 4.93. The molecule has 15 heavy (non-hydrogen) atoms. The van der Waals surface area contributed by atoms with Gasteiger partial charge in [-0.05, 0) is 19.4 Å². The van der Waals surface area contributed by atoms with Gasteiger partial charge in [-0.2, -0.15) is 0 Å². The van der Waals surface area contributed by atoms with E-state index in [0.29, 0.717) is 0 Å². The average Bonchev–Trinajstić information content (AvgIpc) is 2.58. The Balaban J connectivity index is 2.01. The second-order valence-electron chi connectivity index (χ2n) is 4.05. The summed E-state index contributed by atoms with van der Waals surface area (Å²) in [5.41, 5.74) is 8.16. The SMILES string of the molecule is CC1(C)OC2O[C@@H](CN=[N+]=[N-])[C@@H](O)[C@@H]2O1. The molecule has 0 spiro atoms. The number of hydrogen-bond donors (Lipinski definition) is 1. The van der Waals surface area contributed by atoms with Crippen molar-refractivity contribution in [2.24, 2.45) is 5.11 Å². The van der Waals surface area contributed by atoms with Crippen LogP contribution < -0.4 is 0 Å². The molecule has 0 aliphatic carbocycles. The molecule has 2 aliphatic heterocycles. The van der Waals surface area contributed by atoms with Crippen LogP contribution in [0.4, 0.5) is 0 Å². The highest BCUT2D eigenvalue weighted by Crippen LogP contribution is 2.37. The van der Waals surface area contributed by atoms with Gasteiger partial charge in [-0.15, -0.1) is 0 Å². The summed E-state index contributed by atoms with van der Waals surface area (Å²) in [6, 6.07) is 0. The molecule has 0 aromatic carbocycles. The fourth-order valence-corrected chi connectivity index (χ4v) is 1.83. The van der Waals surface area contributed by atoms with E-state index in [2.05, 4.69) is 10.0 Å². The van der Waals surface area contributed by atoms with Gasteiger partial charge in [0, 0.05) is 4.91 Å². The second-order valence-corrected chi connectivity index (χ2v) is 4.05. The molecule has 2 heterocycles. The minimum absolute atomic E-state index is 0.0812. The van der Waals surface area contributed by atoms with Crippen molar-refractivity contribution in [3.8, 4) is 0 Å². The molecule has 0 radical (unpaired) electrons. The van der Waals surface area contributed by atoms with Crippen LogP contribution in [0.5, 0.6) is 0 Å². The summed E-state index contributed by atoms with van der Waals surface area (Å²) < 4.78 is 16.3. The van der Waals surface area contributed by atoms with Gasteiger partial charge < -0.3 is 19.3 Å². The molecule has 1 N–H and O–H groups in total. The van der Waals surface area contributed by atoms with E-state index in [1.54, 1.807) is 13.8 Å². The summed E-state index contributed by atoms with van der Waals surface area (Å²) in [5.74, 6) is -0.736. The van der Waals surface area contributed by atoms with Crippen molar-refractivity contribution in [1.29, 1.82) is 0 Å². The first-order valence-corrected chi connectivity index (χ1v) is 4.73. The summed E-state index contributed by atoms with van der Waals surface area (Å²) in [6.45, 7) is 3.59. The van der Waals surface area contributed by atoms with E-state index in [9.17, 15) is 5.11 Å². The first kappa shape index (κ1) is 10.7. The number of aliphatic hydroxyl groups is 1. The third-order valence-corrected chi connectivity index (χ3v) is 2.44. The van der Waals surface area contributed by atoms with Crippen LogP contribution in [-0.2, 0) is 14.2 Å². The van der Waals surface area contributed by atoms with Gasteiger partial charge in [0.2, 0.25) is 0 Å².